The molecule has 1 saturated heterocycles. The molecule has 3 rings (SSSR count). The monoisotopic (exact) mass is 400 g/mol. The molecule has 2 aromatic rings. The van der Waals surface area contributed by atoms with Crippen molar-refractivity contribution in [3.05, 3.63) is 59.4 Å². The first kappa shape index (κ1) is 20.6. The van der Waals surface area contributed by atoms with Crippen molar-refractivity contribution in [2.75, 3.05) is 27.3 Å². The Kier molecular flexibility index (Phi) is 6.36. The van der Waals surface area contributed by atoms with Gasteiger partial charge in [-0.2, -0.15) is 0 Å². The molecule has 1 heterocycles. The lowest BCUT2D eigenvalue weighted by Gasteiger charge is -2.21. The molecule has 0 aliphatic carbocycles. The third-order valence-corrected chi connectivity index (χ3v) is 5.31. The molecule has 0 radical (unpaired) electrons. The highest BCUT2D eigenvalue weighted by Gasteiger charge is 2.41. The Morgan fingerprint density at radius 3 is 2.45 bits per heavy atom. The van der Waals surface area contributed by atoms with Crippen LogP contribution in [0.5, 0.6) is 11.5 Å². The first-order chi connectivity index (χ1) is 13.9. The van der Waals surface area contributed by atoms with Crippen LogP contribution in [0.3, 0.4) is 0 Å². The van der Waals surface area contributed by atoms with E-state index in [4.69, 9.17) is 9.47 Å². The molecule has 7 heteroatoms. The molecule has 0 saturated carbocycles. The molecule has 2 aromatic carbocycles. The SMILES string of the molecule is COc1cccc(C2CN(C(C)=O)CC2C(=O)NCc2ccc(F)cc2)c1OC. The number of likely N-dealkylation sites (tertiary alicyclic amines) is 1. The van der Waals surface area contributed by atoms with E-state index in [-0.39, 0.29) is 30.1 Å². The second-order valence-electron chi connectivity index (χ2n) is 7.06. The zero-order chi connectivity index (χ0) is 21.0. The van der Waals surface area contributed by atoms with Gasteiger partial charge in [0.1, 0.15) is 5.82 Å². The second-order valence-corrected chi connectivity index (χ2v) is 7.06. The molecule has 154 valence electrons. The highest BCUT2D eigenvalue weighted by atomic mass is 19.1. The van der Waals surface area contributed by atoms with Gasteiger partial charge in [-0.15, -0.1) is 0 Å². The van der Waals surface area contributed by atoms with E-state index in [0.717, 1.165) is 11.1 Å². The van der Waals surface area contributed by atoms with Gasteiger partial charge in [-0.1, -0.05) is 24.3 Å². The summed E-state index contributed by atoms with van der Waals surface area (Å²) in [5, 5.41) is 2.91. The van der Waals surface area contributed by atoms with Crippen molar-refractivity contribution < 1.29 is 23.5 Å². The van der Waals surface area contributed by atoms with Crippen LogP contribution in [0, 0.1) is 11.7 Å². The summed E-state index contributed by atoms with van der Waals surface area (Å²) in [6.45, 7) is 2.54. The van der Waals surface area contributed by atoms with Crippen LogP contribution in [0.4, 0.5) is 4.39 Å². The summed E-state index contributed by atoms with van der Waals surface area (Å²) in [7, 11) is 3.12. The number of para-hydroxylation sites is 1. The normalized spacial score (nSPS) is 18.4. The van der Waals surface area contributed by atoms with E-state index in [9.17, 15) is 14.0 Å². The minimum atomic E-state index is -0.430. The summed E-state index contributed by atoms with van der Waals surface area (Å²) in [4.78, 5) is 26.7. The lowest BCUT2D eigenvalue weighted by atomic mass is 9.87. The number of amides is 2. The van der Waals surface area contributed by atoms with Crippen molar-refractivity contribution >= 4 is 11.8 Å². The molecule has 0 bridgehead atoms. The number of rotatable bonds is 6. The Morgan fingerprint density at radius 2 is 1.83 bits per heavy atom. The first-order valence-corrected chi connectivity index (χ1v) is 9.43. The number of carbonyl (C=O) groups excluding carboxylic acids is 2. The number of hydrogen-bond donors (Lipinski definition) is 1. The molecule has 1 aliphatic heterocycles. The van der Waals surface area contributed by atoms with Gasteiger partial charge in [-0.25, -0.2) is 4.39 Å². The maximum atomic E-state index is 13.1. The number of hydrogen-bond acceptors (Lipinski definition) is 4. The molecule has 0 spiro atoms. The van der Waals surface area contributed by atoms with Crippen molar-refractivity contribution in [1.82, 2.24) is 10.2 Å². The molecular formula is C22H25FN2O4. The molecule has 1 fully saturated rings. The second kappa shape index (κ2) is 8.94. The maximum Gasteiger partial charge on any atom is 0.225 e. The van der Waals surface area contributed by atoms with Crippen LogP contribution in [0.15, 0.2) is 42.5 Å². The number of halogens is 1. The van der Waals surface area contributed by atoms with Crippen molar-refractivity contribution in [2.45, 2.75) is 19.4 Å². The summed E-state index contributed by atoms with van der Waals surface area (Å²) in [6.07, 6.45) is 0. The molecule has 2 atom stereocenters. The van der Waals surface area contributed by atoms with Crippen LogP contribution >= 0.6 is 0 Å². The smallest absolute Gasteiger partial charge is 0.225 e. The fourth-order valence-electron chi connectivity index (χ4n) is 3.77. The fraction of sp³-hybridized carbons (Fsp3) is 0.364. The van der Waals surface area contributed by atoms with Gasteiger partial charge in [-0.3, -0.25) is 9.59 Å². The van der Waals surface area contributed by atoms with Gasteiger partial charge < -0.3 is 19.7 Å². The minimum absolute atomic E-state index is 0.0781. The van der Waals surface area contributed by atoms with E-state index in [0.29, 0.717) is 24.6 Å². The Labute approximate surface area is 169 Å². The van der Waals surface area contributed by atoms with E-state index >= 15 is 0 Å². The summed E-state index contributed by atoms with van der Waals surface area (Å²) in [5.74, 6) is -0.0622. The molecule has 6 nitrogen and oxygen atoms in total. The van der Waals surface area contributed by atoms with Crippen molar-refractivity contribution in [2.24, 2.45) is 5.92 Å². The van der Waals surface area contributed by atoms with Gasteiger partial charge in [0, 0.05) is 38.0 Å². The third-order valence-electron chi connectivity index (χ3n) is 5.31. The van der Waals surface area contributed by atoms with Gasteiger partial charge in [0.15, 0.2) is 11.5 Å². The number of nitrogens with one attached hydrogen (secondary N) is 1. The molecule has 29 heavy (non-hydrogen) atoms. The van der Waals surface area contributed by atoms with E-state index in [1.807, 2.05) is 12.1 Å². The summed E-state index contributed by atoms with van der Waals surface area (Å²) in [6, 6.07) is 11.5. The van der Waals surface area contributed by atoms with Gasteiger partial charge in [0.25, 0.3) is 0 Å². The lowest BCUT2D eigenvalue weighted by Crippen LogP contribution is -2.35. The Balaban J connectivity index is 1.84. The average molecular weight is 400 g/mol. The topological polar surface area (TPSA) is 67.9 Å². The van der Waals surface area contributed by atoms with Crippen LogP contribution in [0.2, 0.25) is 0 Å². The molecule has 2 amide bonds. The quantitative estimate of drug-likeness (QED) is 0.810. The predicted octanol–water partition coefficient (Wildman–Crippen LogP) is 2.72. The third kappa shape index (κ3) is 4.50. The lowest BCUT2D eigenvalue weighted by molar-refractivity contribution is -0.128. The van der Waals surface area contributed by atoms with Gasteiger partial charge in [0.05, 0.1) is 20.1 Å². The van der Waals surface area contributed by atoms with E-state index in [1.165, 1.54) is 19.1 Å². The Morgan fingerprint density at radius 1 is 1.10 bits per heavy atom. The average Bonchev–Trinajstić information content (AvgIpc) is 3.18. The number of carbonyl (C=O) groups is 2. The highest BCUT2D eigenvalue weighted by molar-refractivity contribution is 5.83. The summed E-state index contributed by atoms with van der Waals surface area (Å²) >= 11 is 0. The zero-order valence-corrected chi connectivity index (χ0v) is 16.8. The zero-order valence-electron chi connectivity index (χ0n) is 16.8. The fourth-order valence-corrected chi connectivity index (χ4v) is 3.77. The van der Waals surface area contributed by atoms with Crippen LogP contribution in [0.1, 0.15) is 24.0 Å². The van der Waals surface area contributed by atoms with Gasteiger partial charge in [0.2, 0.25) is 11.8 Å². The Bertz CT molecular complexity index is 885. The maximum absolute atomic E-state index is 13.1. The van der Waals surface area contributed by atoms with Crippen LogP contribution < -0.4 is 14.8 Å². The van der Waals surface area contributed by atoms with E-state index in [1.54, 1.807) is 37.3 Å². The largest absolute Gasteiger partial charge is 0.493 e. The van der Waals surface area contributed by atoms with Gasteiger partial charge in [-0.05, 0) is 23.8 Å². The van der Waals surface area contributed by atoms with Crippen LogP contribution in [-0.4, -0.2) is 44.0 Å². The van der Waals surface area contributed by atoms with Crippen molar-refractivity contribution in [3.8, 4) is 11.5 Å². The Hall–Kier alpha value is -3.09. The van der Waals surface area contributed by atoms with Crippen molar-refractivity contribution in [1.29, 1.82) is 0 Å². The molecule has 2 unspecified atom stereocenters. The number of methoxy groups -OCH3 is 2. The van der Waals surface area contributed by atoms with Gasteiger partial charge >= 0.3 is 0 Å². The number of nitrogens with zero attached hydrogens (tertiary/aromatic N) is 1. The summed E-state index contributed by atoms with van der Waals surface area (Å²) < 4.78 is 24.0. The first-order valence-electron chi connectivity index (χ1n) is 9.43. The standard InChI is InChI=1S/C22H25FN2O4/c1-14(26)25-12-18(17-5-4-6-20(28-2)21(17)29-3)19(13-25)22(27)24-11-15-7-9-16(23)10-8-15/h4-10,18-19H,11-13H2,1-3H3,(H,24,27). The van der Waals surface area contributed by atoms with E-state index in [2.05, 4.69) is 5.32 Å². The number of benzene rings is 2. The highest BCUT2D eigenvalue weighted by Crippen LogP contribution is 2.41. The predicted molar refractivity (Wildman–Crippen MR) is 106 cm³/mol. The molecule has 1 aliphatic rings. The molecule has 1 N–H and O–H groups in total. The summed E-state index contributed by atoms with van der Waals surface area (Å²) in [5.41, 5.74) is 1.63. The van der Waals surface area contributed by atoms with Crippen molar-refractivity contribution in [3.63, 3.8) is 0 Å². The van der Waals surface area contributed by atoms with Crippen LogP contribution in [-0.2, 0) is 16.1 Å². The molecular weight excluding hydrogens is 375 g/mol. The van der Waals surface area contributed by atoms with E-state index < -0.39 is 5.92 Å². The number of ether oxygens (including phenoxy) is 2. The minimum Gasteiger partial charge on any atom is -0.493 e. The van der Waals surface area contributed by atoms with Crippen LogP contribution in [0.25, 0.3) is 0 Å². The molecule has 0 aromatic heterocycles.